The highest BCUT2D eigenvalue weighted by Gasteiger charge is 2.28. The van der Waals surface area contributed by atoms with Gasteiger partial charge in [0.2, 0.25) is 6.10 Å². The molecule has 0 radical (unpaired) electrons. The van der Waals surface area contributed by atoms with Crippen molar-refractivity contribution in [1.82, 2.24) is 9.97 Å². The summed E-state index contributed by atoms with van der Waals surface area (Å²) in [5.74, 6) is -0.217. The molecule has 1 amide bonds. The molecule has 0 aliphatic carbocycles. The van der Waals surface area contributed by atoms with Crippen molar-refractivity contribution in [2.45, 2.75) is 12.5 Å². The number of anilines is 1. The van der Waals surface area contributed by atoms with Crippen LogP contribution >= 0.6 is 0 Å². The molecule has 1 aliphatic heterocycles. The highest BCUT2D eigenvalue weighted by atomic mass is 16.6. The van der Waals surface area contributed by atoms with Crippen LogP contribution in [0, 0.1) is 0 Å². The number of oxime groups is 1. The molecule has 1 aliphatic rings. The molecular weight excluding hydrogens is 304 g/mol. The molecule has 3 heterocycles. The lowest BCUT2D eigenvalue weighted by molar-refractivity contribution is -0.125. The van der Waals surface area contributed by atoms with Crippen LogP contribution in [0.1, 0.15) is 12.0 Å². The fraction of sp³-hybridized carbons (Fsp3) is 0.111. The molecule has 1 aromatic carbocycles. The molecule has 1 N–H and O–H groups in total. The highest BCUT2D eigenvalue weighted by molar-refractivity contribution is 6.06. The summed E-state index contributed by atoms with van der Waals surface area (Å²) >= 11 is 0. The van der Waals surface area contributed by atoms with E-state index < -0.39 is 6.10 Å². The molecule has 0 bridgehead atoms. The van der Waals surface area contributed by atoms with Gasteiger partial charge in [-0.05, 0) is 36.4 Å². The smallest absolute Gasteiger partial charge is 0.268 e. The minimum Gasteiger partial charge on any atom is -0.382 e. The molecule has 118 valence electrons. The van der Waals surface area contributed by atoms with E-state index >= 15 is 0 Å². The van der Waals surface area contributed by atoms with E-state index in [9.17, 15) is 4.79 Å². The summed E-state index contributed by atoms with van der Waals surface area (Å²) in [5, 5.41) is 7.86. The lowest BCUT2D eigenvalue weighted by atomic mass is 10.1. The molecule has 4 rings (SSSR count). The second-order valence-corrected chi connectivity index (χ2v) is 5.47. The van der Waals surface area contributed by atoms with Crippen molar-refractivity contribution in [3.05, 3.63) is 66.6 Å². The number of amides is 1. The maximum absolute atomic E-state index is 12.4. The number of nitrogens with one attached hydrogen (secondary N) is 1. The number of hydrogen-bond acceptors (Lipinski definition) is 5. The summed E-state index contributed by atoms with van der Waals surface area (Å²) in [7, 11) is 0. The van der Waals surface area contributed by atoms with Crippen molar-refractivity contribution in [1.29, 1.82) is 0 Å². The van der Waals surface area contributed by atoms with E-state index in [1.807, 2.05) is 42.5 Å². The minimum absolute atomic E-state index is 0.217. The Balaban J connectivity index is 1.45. The van der Waals surface area contributed by atoms with E-state index in [1.54, 1.807) is 18.6 Å². The molecule has 6 heteroatoms. The van der Waals surface area contributed by atoms with E-state index in [1.165, 1.54) is 0 Å². The third-order valence-electron chi connectivity index (χ3n) is 3.85. The number of carbonyl (C=O) groups is 1. The number of hydrogen-bond donors (Lipinski definition) is 1. The van der Waals surface area contributed by atoms with Crippen molar-refractivity contribution in [3.8, 4) is 0 Å². The minimum atomic E-state index is -0.627. The Labute approximate surface area is 138 Å². The van der Waals surface area contributed by atoms with Crippen molar-refractivity contribution < 1.29 is 9.63 Å². The first-order valence-electron chi connectivity index (χ1n) is 7.58. The van der Waals surface area contributed by atoms with Crippen molar-refractivity contribution >= 4 is 28.2 Å². The van der Waals surface area contributed by atoms with E-state index in [-0.39, 0.29) is 5.91 Å². The molecule has 0 spiro atoms. The van der Waals surface area contributed by atoms with Gasteiger partial charge < -0.3 is 10.2 Å². The van der Waals surface area contributed by atoms with Crippen LogP contribution in [0.25, 0.3) is 10.9 Å². The summed E-state index contributed by atoms with van der Waals surface area (Å²) in [6, 6.07) is 13.1. The van der Waals surface area contributed by atoms with Crippen LogP contribution in [0.5, 0.6) is 0 Å². The Kier molecular flexibility index (Phi) is 3.63. The maximum Gasteiger partial charge on any atom is 0.268 e. The summed E-state index contributed by atoms with van der Waals surface area (Å²) < 4.78 is 0. The SMILES string of the molecule is O=C(Nc1ccc2ncccc2c1)[C@H]1CC(c2ccncc2)=NO1. The number of pyridine rings is 2. The number of aromatic nitrogens is 2. The molecule has 6 nitrogen and oxygen atoms in total. The second-order valence-electron chi connectivity index (χ2n) is 5.47. The van der Waals surface area contributed by atoms with Crippen LogP contribution in [-0.4, -0.2) is 27.7 Å². The molecule has 0 fully saturated rings. The largest absolute Gasteiger partial charge is 0.382 e. The third kappa shape index (κ3) is 2.81. The monoisotopic (exact) mass is 318 g/mol. The predicted octanol–water partition coefficient (Wildman–Crippen LogP) is 2.76. The molecule has 3 aromatic rings. The lowest BCUT2D eigenvalue weighted by Gasteiger charge is -2.10. The predicted molar refractivity (Wildman–Crippen MR) is 90.6 cm³/mol. The summed E-state index contributed by atoms with van der Waals surface area (Å²) in [6.07, 6.45) is 4.93. The van der Waals surface area contributed by atoms with Gasteiger partial charge in [-0.3, -0.25) is 14.8 Å². The van der Waals surface area contributed by atoms with E-state index in [2.05, 4.69) is 20.4 Å². The summed E-state index contributed by atoms with van der Waals surface area (Å²) in [6.45, 7) is 0. The van der Waals surface area contributed by atoms with Crippen molar-refractivity contribution in [3.63, 3.8) is 0 Å². The Morgan fingerprint density at radius 1 is 1.12 bits per heavy atom. The zero-order valence-corrected chi connectivity index (χ0v) is 12.7. The Bertz CT molecular complexity index is 924. The number of carbonyl (C=O) groups excluding carboxylic acids is 1. The van der Waals surface area contributed by atoms with Gasteiger partial charge in [0.15, 0.2) is 0 Å². The molecule has 2 aromatic heterocycles. The highest BCUT2D eigenvalue weighted by Crippen LogP contribution is 2.20. The molecule has 0 saturated heterocycles. The first-order chi connectivity index (χ1) is 11.8. The number of nitrogens with zero attached hydrogens (tertiary/aromatic N) is 3. The quantitative estimate of drug-likeness (QED) is 0.805. The topological polar surface area (TPSA) is 76.5 Å². The maximum atomic E-state index is 12.4. The Morgan fingerprint density at radius 3 is 2.88 bits per heavy atom. The summed E-state index contributed by atoms with van der Waals surface area (Å²) in [5.41, 5.74) is 3.26. The first kappa shape index (κ1) is 14.3. The van der Waals surface area contributed by atoms with Gasteiger partial charge in [0.05, 0.1) is 11.2 Å². The van der Waals surface area contributed by atoms with E-state index in [4.69, 9.17) is 4.84 Å². The van der Waals surface area contributed by atoms with Gasteiger partial charge in [-0.1, -0.05) is 11.2 Å². The number of rotatable bonds is 3. The summed E-state index contributed by atoms with van der Waals surface area (Å²) in [4.78, 5) is 25.9. The average molecular weight is 318 g/mol. The van der Waals surface area contributed by atoms with Gasteiger partial charge in [-0.25, -0.2) is 0 Å². The van der Waals surface area contributed by atoms with Crippen molar-refractivity contribution in [2.24, 2.45) is 5.16 Å². The lowest BCUT2D eigenvalue weighted by Crippen LogP contribution is -2.28. The van der Waals surface area contributed by atoms with Gasteiger partial charge in [0.25, 0.3) is 5.91 Å². The second kappa shape index (κ2) is 6.08. The van der Waals surface area contributed by atoms with Gasteiger partial charge in [0.1, 0.15) is 0 Å². The number of fused-ring (bicyclic) bond motifs is 1. The van der Waals surface area contributed by atoms with Crippen LogP contribution < -0.4 is 5.32 Å². The number of benzene rings is 1. The fourth-order valence-corrected chi connectivity index (χ4v) is 2.61. The van der Waals surface area contributed by atoms with E-state index in [0.717, 1.165) is 22.2 Å². The van der Waals surface area contributed by atoms with Crippen molar-refractivity contribution in [2.75, 3.05) is 5.32 Å². The average Bonchev–Trinajstić information content (AvgIpc) is 3.13. The fourth-order valence-electron chi connectivity index (χ4n) is 2.61. The normalized spacial score (nSPS) is 16.5. The van der Waals surface area contributed by atoms with Crippen LogP contribution in [0.2, 0.25) is 0 Å². The molecule has 0 saturated carbocycles. The van der Waals surface area contributed by atoms with Crippen LogP contribution in [0.3, 0.4) is 0 Å². The van der Waals surface area contributed by atoms with Crippen LogP contribution in [0.15, 0.2) is 66.2 Å². The standard InChI is InChI=1S/C18H14N4O2/c23-18(17-11-16(22-24-17)12-5-8-19-9-6-12)21-14-3-4-15-13(10-14)2-1-7-20-15/h1-10,17H,11H2,(H,21,23)/t17-/m1/s1. The third-order valence-corrected chi connectivity index (χ3v) is 3.85. The van der Waals surface area contributed by atoms with E-state index in [0.29, 0.717) is 12.1 Å². The Hall–Kier alpha value is -3.28. The van der Waals surface area contributed by atoms with Crippen LogP contribution in [0.4, 0.5) is 5.69 Å². The van der Waals surface area contributed by atoms with Gasteiger partial charge in [0, 0.05) is 41.6 Å². The van der Waals surface area contributed by atoms with Gasteiger partial charge in [-0.2, -0.15) is 0 Å². The van der Waals surface area contributed by atoms with Gasteiger partial charge >= 0.3 is 0 Å². The zero-order chi connectivity index (χ0) is 16.4. The molecular formula is C18H14N4O2. The zero-order valence-electron chi connectivity index (χ0n) is 12.7. The Morgan fingerprint density at radius 2 is 2.00 bits per heavy atom. The van der Waals surface area contributed by atoms with Crippen LogP contribution in [-0.2, 0) is 9.63 Å². The molecule has 1 atom stereocenters. The van der Waals surface area contributed by atoms with Gasteiger partial charge in [-0.15, -0.1) is 0 Å². The molecule has 24 heavy (non-hydrogen) atoms. The first-order valence-corrected chi connectivity index (χ1v) is 7.58. The molecule has 0 unspecified atom stereocenters.